The van der Waals surface area contributed by atoms with Crippen molar-refractivity contribution in [2.45, 2.75) is 32.6 Å². The second-order valence-electron chi connectivity index (χ2n) is 10.4. The Labute approximate surface area is 228 Å². The molecule has 0 bridgehead atoms. The number of hydrogen-bond acceptors (Lipinski definition) is 7. The van der Waals surface area contributed by atoms with E-state index in [9.17, 15) is 14.4 Å². The Morgan fingerprint density at radius 1 is 0.949 bits per heavy atom. The number of nitrogens with zero attached hydrogens (tertiary/aromatic N) is 3. The van der Waals surface area contributed by atoms with E-state index in [1.54, 1.807) is 29.2 Å². The van der Waals surface area contributed by atoms with Gasteiger partial charge in [-0.2, -0.15) is 0 Å². The van der Waals surface area contributed by atoms with E-state index in [2.05, 4.69) is 15.6 Å². The molecule has 0 saturated heterocycles. The zero-order valence-electron chi connectivity index (χ0n) is 23.2. The average molecular weight is 536 g/mol. The molecule has 39 heavy (non-hydrogen) atoms. The highest BCUT2D eigenvalue weighted by molar-refractivity contribution is 6.14. The molecule has 1 fully saturated rings. The largest absolute Gasteiger partial charge is 0.481 e. The van der Waals surface area contributed by atoms with Crippen molar-refractivity contribution in [1.82, 2.24) is 14.8 Å². The summed E-state index contributed by atoms with van der Waals surface area (Å²) in [5.74, 6) is -0.669. The quantitative estimate of drug-likeness (QED) is 0.423. The molecule has 0 radical (unpaired) electrons. The molecule has 0 aliphatic heterocycles. The van der Waals surface area contributed by atoms with Crippen molar-refractivity contribution in [2.24, 2.45) is 11.8 Å². The molecule has 3 amide bonds. The summed E-state index contributed by atoms with van der Waals surface area (Å²) in [4.78, 5) is 47.7. The van der Waals surface area contributed by atoms with E-state index < -0.39 is 5.91 Å². The molecule has 1 aliphatic carbocycles. The molecule has 3 aromatic rings. The highest BCUT2D eigenvalue weighted by atomic mass is 16.5. The number of hydrogen-bond donors (Lipinski definition) is 2. The molecular weight excluding hydrogens is 498 g/mol. The Kier molecular flexibility index (Phi) is 8.86. The zero-order valence-corrected chi connectivity index (χ0v) is 23.2. The van der Waals surface area contributed by atoms with E-state index >= 15 is 0 Å². The minimum atomic E-state index is -0.499. The zero-order chi connectivity index (χ0) is 28.1. The first-order chi connectivity index (χ1) is 18.7. The number of ether oxygens (including phenoxy) is 1. The topological polar surface area (TPSA) is 117 Å². The molecule has 0 spiro atoms. The first-order valence-corrected chi connectivity index (χ1v) is 13.2. The number of fused-ring (bicyclic) bond motifs is 1. The lowest BCUT2D eigenvalue weighted by Crippen LogP contribution is -2.39. The van der Waals surface area contributed by atoms with Crippen LogP contribution in [0.3, 0.4) is 0 Å². The summed E-state index contributed by atoms with van der Waals surface area (Å²) in [6.07, 6.45) is 2.45. The maximum absolute atomic E-state index is 13.4. The van der Waals surface area contributed by atoms with Gasteiger partial charge in [0.25, 0.3) is 5.91 Å². The Hall–Kier alpha value is -3.92. The van der Waals surface area contributed by atoms with Gasteiger partial charge in [0.15, 0.2) is 5.58 Å². The highest BCUT2D eigenvalue weighted by Gasteiger charge is 2.33. The minimum Gasteiger partial charge on any atom is -0.481 e. The van der Waals surface area contributed by atoms with Gasteiger partial charge >= 0.3 is 0 Å². The number of rotatable bonds is 9. The Morgan fingerprint density at radius 2 is 1.62 bits per heavy atom. The number of aryl methyl sites for hydroxylation is 1. The number of anilines is 2. The third kappa shape index (κ3) is 6.75. The van der Waals surface area contributed by atoms with Crippen molar-refractivity contribution in [3.63, 3.8) is 0 Å². The van der Waals surface area contributed by atoms with E-state index in [0.29, 0.717) is 54.9 Å². The van der Waals surface area contributed by atoms with Gasteiger partial charge in [0.2, 0.25) is 23.5 Å². The summed E-state index contributed by atoms with van der Waals surface area (Å²) in [5, 5.41) is 5.74. The summed E-state index contributed by atoms with van der Waals surface area (Å²) < 4.78 is 11.1. The van der Waals surface area contributed by atoms with Crippen molar-refractivity contribution in [3.05, 3.63) is 47.7 Å². The number of pyridine rings is 1. The summed E-state index contributed by atoms with van der Waals surface area (Å²) in [6.45, 7) is 3.44. The van der Waals surface area contributed by atoms with Gasteiger partial charge in [-0.15, -0.1) is 0 Å². The SMILES string of the molecule is COc1ccc2oc(C(=O)Nc3ccc(C)cc3)c(NC(=O)[C@H]3CC[C@H](C(=O)N(C)CCN(C)C)CC3)c2n1. The summed E-state index contributed by atoms with van der Waals surface area (Å²) in [7, 11) is 7.29. The molecule has 2 N–H and O–H groups in total. The van der Waals surface area contributed by atoms with Gasteiger partial charge < -0.3 is 29.6 Å². The van der Waals surface area contributed by atoms with Crippen LogP contribution in [0.4, 0.5) is 11.4 Å². The normalized spacial score (nSPS) is 17.2. The standard InChI is InChI=1S/C29H37N5O5/c1-18-6-12-21(13-7-18)30-28(36)26-25(24-22(39-26)14-15-23(31-24)38-5)32-27(35)19-8-10-20(11-9-19)29(37)34(4)17-16-33(2)3/h6-7,12-15,19-20H,8-11,16-17H2,1-5H3,(H,30,36)(H,32,35)/t19-,20-. The van der Waals surface area contributed by atoms with E-state index in [1.807, 2.05) is 45.1 Å². The van der Waals surface area contributed by atoms with E-state index in [1.165, 1.54) is 7.11 Å². The number of methoxy groups -OCH3 is 1. The van der Waals surface area contributed by atoms with Crippen LogP contribution in [-0.2, 0) is 9.59 Å². The Balaban J connectivity index is 1.48. The second kappa shape index (κ2) is 12.3. The van der Waals surface area contributed by atoms with Crippen LogP contribution in [0.5, 0.6) is 5.88 Å². The fraction of sp³-hybridized carbons (Fsp3) is 0.448. The van der Waals surface area contributed by atoms with Crippen LogP contribution in [-0.4, -0.2) is 73.8 Å². The molecule has 2 aromatic heterocycles. The van der Waals surface area contributed by atoms with Crippen LogP contribution in [0.2, 0.25) is 0 Å². The number of likely N-dealkylation sites (N-methyl/N-ethyl adjacent to an activating group) is 2. The molecule has 10 nitrogen and oxygen atoms in total. The van der Waals surface area contributed by atoms with Gasteiger partial charge in [0, 0.05) is 43.7 Å². The van der Waals surface area contributed by atoms with Crippen LogP contribution in [0.15, 0.2) is 40.8 Å². The third-order valence-electron chi connectivity index (χ3n) is 7.19. The van der Waals surface area contributed by atoms with Crippen molar-refractivity contribution < 1.29 is 23.5 Å². The van der Waals surface area contributed by atoms with Crippen LogP contribution in [0.25, 0.3) is 11.1 Å². The van der Waals surface area contributed by atoms with Crippen molar-refractivity contribution in [2.75, 3.05) is 52.0 Å². The van der Waals surface area contributed by atoms with Gasteiger partial charge in [-0.1, -0.05) is 17.7 Å². The minimum absolute atomic E-state index is 0.0361. The first-order valence-electron chi connectivity index (χ1n) is 13.2. The molecule has 208 valence electrons. The number of nitrogens with one attached hydrogen (secondary N) is 2. The average Bonchev–Trinajstić information content (AvgIpc) is 3.30. The molecule has 10 heteroatoms. The van der Waals surface area contributed by atoms with Crippen LogP contribution in [0.1, 0.15) is 41.8 Å². The first kappa shape index (κ1) is 28.1. The molecule has 1 aromatic carbocycles. The third-order valence-corrected chi connectivity index (χ3v) is 7.19. The van der Waals surface area contributed by atoms with Crippen molar-refractivity contribution in [1.29, 1.82) is 0 Å². The molecular formula is C29H37N5O5. The number of furan rings is 1. The number of carbonyl (C=O) groups excluding carboxylic acids is 3. The predicted octanol–water partition coefficient (Wildman–Crippen LogP) is 4.16. The lowest BCUT2D eigenvalue weighted by atomic mass is 9.81. The van der Waals surface area contributed by atoms with E-state index in [-0.39, 0.29) is 35.1 Å². The maximum Gasteiger partial charge on any atom is 0.293 e. The highest BCUT2D eigenvalue weighted by Crippen LogP contribution is 2.35. The second-order valence-corrected chi connectivity index (χ2v) is 10.4. The smallest absolute Gasteiger partial charge is 0.293 e. The molecule has 1 saturated carbocycles. The van der Waals surface area contributed by atoms with Gasteiger partial charge in [-0.25, -0.2) is 4.98 Å². The van der Waals surface area contributed by atoms with Gasteiger partial charge in [-0.05, 0) is 64.9 Å². The fourth-order valence-corrected chi connectivity index (χ4v) is 4.77. The lowest BCUT2D eigenvalue weighted by molar-refractivity contribution is -0.136. The predicted molar refractivity (Wildman–Crippen MR) is 150 cm³/mol. The Morgan fingerprint density at radius 3 is 2.26 bits per heavy atom. The van der Waals surface area contributed by atoms with Gasteiger partial charge in [0.1, 0.15) is 11.2 Å². The van der Waals surface area contributed by atoms with Crippen LogP contribution >= 0.6 is 0 Å². The van der Waals surface area contributed by atoms with E-state index in [4.69, 9.17) is 9.15 Å². The number of aromatic nitrogens is 1. The van der Waals surface area contributed by atoms with Gasteiger partial charge in [0.05, 0.1) is 7.11 Å². The lowest BCUT2D eigenvalue weighted by Gasteiger charge is -2.30. The molecule has 2 heterocycles. The number of benzene rings is 1. The van der Waals surface area contributed by atoms with Crippen LogP contribution in [0, 0.1) is 18.8 Å². The summed E-state index contributed by atoms with van der Waals surface area (Å²) in [6, 6.07) is 10.7. The molecule has 0 unspecified atom stereocenters. The monoisotopic (exact) mass is 535 g/mol. The van der Waals surface area contributed by atoms with Gasteiger partial charge in [-0.3, -0.25) is 14.4 Å². The molecule has 1 aliphatic rings. The summed E-state index contributed by atoms with van der Waals surface area (Å²) >= 11 is 0. The fourth-order valence-electron chi connectivity index (χ4n) is 4.77. The molecule has 0 atom stereocenters. The maximum atomic E-state index is 13.4. The van der Waals surface area contributed by atoms with Crippen molar-refractivity contribution >= 4 is 40.2 Å². The Bertz CT molecular complexity index is 1330. The van der Waals surface area contributed by atoms with E-state index in [0.717, 1.165) is 12.1 Å². The number of carbonyl (C=O) groups is 3. The van der Waals surface area contributed by atoms with Crippen molar-refractivity contribution in [3.8, 4) is 5.88 Å². The molecule has 4 rings (SSSR count). The number of amides is 3. The van der Waals surface area contributed by atoms with Crippen LogP contribution < -0.4 is 15.4 Å². The summed E-state index contributed by atoms with van der Waals surface area (Å²) in [5.41, 5.74) is 2.57.